The second-order valence-corrected chi connectivity index (χ2v) is 3.23. The van der Waals surface area contributed by atoms with Gasteiger partial charge in [-0.3, -0.25) is 9.59 Å². The number of aliphatic hydroxyl groups is 1. The molecule has 2 unspecified atom stereocenters. The fraction of sp³-hybridized carbons (Fsp3) is 0.778. The Hall–Kier alpha value is -1.14. The number of primary amides is 1. The van der Waals surface area contributed by atoms with Gasteiger partial charge in [0.1, 0.15) is 6.10 Å². The first-order valence-electron chi connectivity index (χ1n) is 4.83. The van der Waals surface area contributed by atoms with Crippen molar-refractivity contribution in [2.24, 2.45) is 11.7 Å². The Labute approximate surface area is 88.8 Å². The molecule has 0 aromatic heterocycles. The topological polar surface area (TPSA) is 102 Å². The summed E-state index contributed by atoms with van der Waals surface area (Å²) >= 11 is 0. The van der Waals surface area contributed by atoms with Crippen molar-refractivity contribution in [3.05, 3.63) is 0 Å². The Bertz CT molecular complexity index is 220. The van der Waals surface area contributed by atoms with Gasteiger partial charge < -0.3 is 20.9 Å². The molecule has 0 spiro atoms. The largest absolute Gasteiger partial charge is 0.466 e. The number of esters is 1. The van der Waals surface area contributed by atoms with E-state index in [2.05, 4.69) is 5.32 Å². The first kappa shape index (κ1) is 13.9. The van der Waals surface area contributed by atoms with Crippen LogP contribution in [0.3, 0.4) is 0 Å². The molecule has 0 bridgehead atoms. The average molecular weight is 218 g/mol. The monoisotopic (exact) mass is 218 g/mol. The molecule has 0 aliphatic carbocycles. The fourth-order valence-electron chi connectivity index (χ4n) is 0.905. The Kier molecular flexibility index (Phi) is 6.64. The number of hydrogen-bond acceptors (Lipinski definition) is 5. The molecule has 0 heterocycles. The predicted octanol–water partition coefficient (Wildman–Crippen LogP) is -1.38. The lowest BCUT2D eigenvalue weighted by Gasteiger charge is -2.12. The highest BCUT2D eigenvalue weighted by Gasteiger charge is 2.15. The van der Waals surface area contributed by atoms with Crippen LogP contribution in [0.1, 0.15) is 13.8 Å². The molecule has 0 rings (SSSR count). The van der Waals surface area contributed by atoms with Crippen LogP contribution in [0.25, 0.3) is 0 Å². The van der Waals surface area contributed by atoms with Gasteiger partial charge in [0.2, 0.25) is 5.91 Å². The quantitative estimate of drug-likeness (QED) is 0.457. The van der Waals surface area contributed by atoms with Gasteiger partial charge in [-0.15, -0.1) is 0 Å². The number of nitrogens with one attached hydrogen (secondary N) is 1. The molecular weight excluding hydrogens is 200 g/mol. The summed E-state index contributed by atoms with van der Waals surface area (Å²) in [6.45, 7) is 4.14. The molecule has 0 saturated carbocycles. The number of aliphatic hydroxyl groups excluding tert-OH is 1. The minimum Gasteiger partial charge on any atom is -0.466 e. The SMILES string of the molecule is CCOC(=O)C(C)CNCC(O)C(N)=O. The van der Waals surface area contributed by atoms with Crippen LogP contribution in [-0.4, -0.2) is 42.8 Å². The average Bonchev–Trinajstić information content (AvgIpc) is 2.17. The third kappa shape index (κ3) is 6.03. The maximum atomic E-state index is 11.1. The molecule has 0 aliphatic rings. The van der Waals surface area contributed by atoms with Crippen molar-refractivity contribution in [3.8, 4) is 0 Å². The van der Waals surface area contributed by atoms with E-state index in [-0.39, 0.29) is 18.4 Å². The van der Waals surface area contributed by atoms with E-state index in [4.69, 9.17) is 15.6 Å². The molecule has 0 radical (unpaired) electrons. The summed E-state index contributed by atoms with van der Waals surface area (Å²) in [5, 5.41) is 11.8. The van der Waals surface area contributed by atoms with Crippen molar-refractivity contribution in [2.45, 2.75) is 20.0 Å². The summed E-state index contributed by atoms with van der Waals surface area (Å²) in [7, 11) is 0. The zero-order valence-electron chi connectivity index (χ0n) is 9.03. The Morgan fingerprint density at radius 1 is 1.47 bits per heavy atom. The zero-order valence-corrected chi connectivity index (χ0v) is 9.03. The lowest BCUT2D eigenvalue weighted by molar-refractivity contribution is -0.147. The first-order chi connectivity index (χ1) is 6.99. The highest BCUT2D eigenvalue weighted by atomic mass is 16.5. The maximum Gasteiger partial charge on any atom is 0.309 e. The van der Waals surface area contributed by atoms with Crippen LogP contribution in [0.5, 0.6) is 0 Å². The Morgan fingerprint density at radius 2 is 2.07 bits per heavy atom. The molecule has 6 nitrogen and oxygen atoms in total. The van der Waals surface area contributed by atoms with E-state index in [0.29, 0.717) is 13.2 Å². The smallest absolute Gasteiger partial charge is 0.309 e. The van der Waals surface area contributed by atoms with Crippen LogP contribution in [0, 0.1) is 5.92 Å². The second-order valence-electron chi connectivity index (χ2n) is 3.23. The predicted molar refractivity (Wildman–Crippen MR) is 53.9 cm³/mol. The number of carbonyl (C=O) groups is 2. The number of carbonyl (C=O) groups excluding carboxylic acids is 2. The third-order valence-electron chi connectivity index (χ3n) is 1.81. The van der Waals surface area contributed by atoms with E-state index in [1.165, 1.54) is 0 Å². The molecule has 6 heteroatoms. The van der Waals surface area contributed by atoms with Crippen LogP contribution in [0.4, 0.5) is 0 Å². The highest BCUT2D eigenvalue weighted by molar-refractivity contribution is 5.78. The summed E-state index contributed by atoms with van der Waals surface area (Å²) in [6.07, 6.45) is -1.22. The van der Waals surface area contributed by atoms with Gasteiger partial charge in [0, 0.05) is 13.1 Å². The van der Waals surface area contributed by atoms with E-state index in [1.807, 2.05) is 0 Å². The van der Waals surface area contributed by atoms with Gasteiger partial charge in [0.05, 0.1) is 12.5 Å². The molecule has 88 valence electrons. The summed E-state index contributed by atoms with van der Waals surface area (Å²) in [5.74, 6) is -1.41. The third-order valence-corrected chi connectivity index (χ3v) is 1.81. The molecule has 15 heavy (non-hydrogen) atoms. The summed E-state index contributed by atoms with van der Waals surface area (Å²) in [4.78, 5) is 21.6. The van der Waals surface area contributed by atoms with Crippen LogP contribution in [0.15, 0.2) is 0 Å². The normalized spacial score (nSPS) is 14.3. The zero-order chi connectivity index (χ0) is 11.8. The molecule has 0 aliphatic heterocycles. The van der Waals surface area contributed by atoms with E-state index in [1.54, 1.807) is 13.8 Å². The van der Waals surface area contributed by atoms with Crippen LogP contribution in [-0.2, 0) is 14.3 Å². The Morgan fingerprint density at radius 3 is 2.53 bits per heavy atom. The van der Waals surface area contributed by atoms with E-state index in [9.17, 15) is 9.59 Å². The van der Waals surface area contributed by atoms with Crippen molar-refractivity contribution in [2.75, 3.05) is 19.7 Å². The van der Waals surface area contributed by atoms with Crippen molar-refractivity contribution in [1.82, 2.24) is 5.32 Å². The van der Waals surface area contributed by atoms with Gasteiger partial charge in [0.15, 0.2) is 0 Å². The molecule has 0 aromatic rings. The van der Waals surface area contributed by atoms with Crippen LogP contribution < -0.4 is 11.1 Å². The van der Waals surface area contributed by atoms with Gasteiger partial charge in [-0.25, -0.2) is 0 Å². The standard InChI is InChI=1S/C9H18N2O4/c1-3-15-9(14)6(2)4-11-5-7(12)8(10)13/h6-7,11-12H,3-5H2,1-2H3,(H2,10,13). The van der Waals surface area contributed by atoms with E-state index in [0.717, 1.165) is 0 Å². The highest BCUT2D eigenvalue weighted by Crippen LogP contribution is 1.96. The summed E-state index contributed by atoms with van der Waals surface area (Å²) < 4.78 is 4.78. The molecule has 1 amide bonds. The van der Waals surface area contributed by atoms with Crippen LogP contribution in [0.2, 0.25) is 0 Å². The number of hydrogen-bond donors (Lipinski definition) is 3. The van der Waals surface area contributed by atoms with Gasteiger partial charge >= 0.3 is 5.97 Å². The number of rotatable bonds is 7. The lowest BCUT2D eigenvalue weighted by Crippen LogP contribution is -2.40. The molecule has 2 atom stereocenters. The fourth-order valence-corrected chi connectivity index (χ4v) is 0.905. The maximum absolute atomic E-state index is 11.1. The minimum atomic E-state index is -1.22. The van der Waals surface area contributed by atoms with Crippen LogP contribution >= 0.6 is 0 Å². The number of nitrogens with two attached hydrogens (primary N) is 1. The van der Waals surface area contributed by atoms with Gasteiger partial charge in [-0.05, 0) is 6.92 Å². The van der Waals surface area contributed by atoms with E-state index >= 15 is 0 Å². The summed E-state index contributed by atoms with van der Waals surface area (Å²) in [6, 6.07) is 0. The number of ether oxygens (including phenoxy) is 1. The Balaban J connectivity index is 3.67. The van der Waals surface area contributed by atoms with Gasteiger partial charge in [0.25, 0.3) is 0 Å². The lowest BCUT2D eigenvalue weighted by atomic mass is 10.2. The molecule has 0 saturated heterocycles. The molecular formula is C9H18N2O4. The second kappa shape index (κ2) is 7.19. The van der Waals surface area contributed by atoms with Crippen molar-refractivity contribution in [1.29, 1.82) is 0 Å². The van der Waals surface area contributed by atoms with Crippen molar-refractivity contribution < 1.29 is 19.4 Å². The van der Waals surface area contributed by atoms with Crippen molar-refractivity contribution in [3.63, 3.8) is 0 Å². The molecule has 0 aromatic carbocycles. The molecule has 0 fully saturated rings. The van der Waals surface area contributed by atoms with Gasteiger partial charge in [-0.1, -0.05) is 6.92 Å². The number of amides is 1. The van der Waals surface area contributed by atoms with Crippen molar-refractivity contribution >= 4 is 11.9 Å². The minimum absolute atomic E-state index is 0.0408. The first-order valence-corrected chi connectivity index (χ1v) is 4.83. The van der Waals surface area contributed by atoms with Gasteiger partial charge in [-0.2, -0.15) is 0 Å². The molecule has 4 N–H and O–H groups in total. The summed E-state index contributed by atoms with van der Waals surface area (Å²) in [5.41, 5.74) is 4.84. The van der Waals surface area contributed by atoms with E-state index < -0.39 is 12.0 Å².